The van der Waals surface area contributed by atoms with Crippen LogP contribution in [0.5, 0.6) is 5.75 Å². The van der Waals surface area contributed by atoms with E-state index in [4.69, 9.17) is 16.3 Å². The molecule has 0 aromatic heterocycles. The smallest absolute Gasteiger partial charge is 0.145 e. The third kappa shape index (κ3) is 2.61. The Morgan fingerprint density at radius 2 is 1.75 bits per heavy atom. The summed E-state index contributed by atoms with van der Waals surface area (Å²) >= 11 is 5.65. The van der Waals surface area contributed by atoms with Crippen LogP contribution in [0.15, 0.2) is 60.7 Å². The van der Waals surface area contributed by atoms with Gasteiger partial charge in [-0.2, -0.15) is 0 Å². The van der Waals surface area contributed by atoms with Crippen molar-refractivity contribution in [3.63, 3.8) is 0 Å². The number of benzene rings is 3. The van der Waals surface area contributed by atoms with Crippen LogP contribution in [0.4, 0.5) is 4.39 Å². The molecule has 0 aliphatic rings. The van der Waals surface area contributed by atoms with E-state index in [1.807, 2.05) is 24.3 Å². The van der Waals surface area contributed by atoms with Gasteiger partial charge in [0, 0.05) is 6.07 Å². The van der Waals surface area contributed by atoms with Crippen molar-refractivity contribution >= 4 is 22.4 Å². The average molecular weight is 287 g/mol. The molecule has 0 aliphatic heterocycles. The Balaban J connectivity index is 1.85. The lowest BCUT2D eigenvalue weighted by Gasteiger charge is -2.09. The highest BCUT2D eigenvalue weighted by atomic mass is 35.5. The molecule has 0 aliphatic carbocycles. The molecule has 0 spiro atoms. The molecule has 0 amide bonds. The molecule has 100 valence electrons. The maximum absolute atomic E-state index is 13.3. The number of rotatable bonds is 3. The second kappa shape index (κ2) is 5.51. The Bertz CT molecular complexity index is 750. The van der Waals surface area contributed by atoms with Crippen LogP contribution in [0.2, 0.25) is 5.02 Å². The zero-order chi connectivity index (χ0) is 13.9. The predicted molar refractivity (Wildman–Crippen MR) is 79.7 cm³/mol. The minimum absolute atomic E-state index is 0.0995. The van der Waals surface area contributed by atoms with Crippen molar-refractivity contribution in [2.45, 2.75) is 6.61 Å². The first-order chi connectivity index (χ1) is 9.74. The van der Waals surface area contributed by atoms with E-state index in [0.717, 1.165) is 16.3 Å². The van der Waals surface area contributed by atoms with Gasteiger partial charge in [0.15, 0.2) is 0 Å². The van der Waals surface area contributed by atoms with E-state index in [1.165, 1.54) is 12.1 Å². The fraction of sp³-hybridized carbons (Fsp3) is 0.0588. The van der Waals surface area contributed by atoms with E-state index < -0.39 is 5.82 Å². The maximum Gasteiger partial charge on any atom is 0.145 e. The molecular formula is C17H12ClFO. The zero-order valence-electron chi connectivity index (χ0n) is 10.6. The molecule has 0 saturated heterocycles. The summed E-state index contributed by atoms with van der Waals surface area (Å²) in [6.45, 7) is 0.391. The van der Waals surface area contributed by atoms with Crippen molar-refractivity contribution in [2.24, 2.45) is 0 Å². The number of fused-ring (bicyclic) bond motifs is 1. The van der Waals surface area contributed by atoms with Gasteiger partial charge in [0.2, 0.25) is 0 Å². The normalized spacial score (nSPS) is 10.7. The SMILES string of the molecule is Fc1cc(OCc2cccc3ccccc23)ccc1Cl. The van der Waals surface area contributed by atoms with Gasteiger partial charge in [-0.1, -0.05) is 54.1 Å². The van der Waals surface area contributed by atoms with Gasteiger partial charge in [0.1, 0.15) is 18.2 Å². The van der Waals surface area contributed by atoms with Gasteiger partial charge in [0.25, 0.3) is 0 Å². The highest BCUT2D eigenvalue weighted by Crippen LogP contribution is 2.23. The molecule has 3 heteroatoms. The van der Waals surface area contributed by atoms with Gasteiger partial charge in [-0.3, -0.25) is 0 Å². The lowest BCUT2D eigenvalue weighted by Crippen LogP contribution is -1.96. The summed E-state index contributed by atoms with van der Waals surface area (Å²) in [7, 11) is 0. The molecule has 0 heterocycles. The molecule has 1 nitrogen and oxygen atoms in total. The van der Waals surface area contributed by atoms with Crippen molar-refractivity contribution in [3.8, 4) is 5.75 Å². The number of ether oxygens (including phenoxy) is 1. The van der Waals surface area contributed by atoms with Crippen molar-refractivity contribution in [1.82, 2.24) is 0 Å². The Labute approximate surface area is 121 Å². The second-order valence-electron chi connectivity index (χ2n) is 4.50. The van der Waals surface area contributed by atoms with E-state index in [-0.39, 0.29) is 5.02 Å². The first kappa shape index (κ1) is 12.9. The van der Waals surface area contributed by atoms with Gasteiger partial charge in [-0.05, 0) is 28.5 Å². The third-order valence-electron chi connectivity index (χ3n) is 3.17. The summed E-state index contributed by atoms with van der Waals surface area (Å²) in [4.78, 5) is 0. The molecular weight excluding hydrogens is 275 g/mol. The molecule has 0 atom stereocenters. The highest BCUT2D eigenvalue weighted by molar-refractivity contribution is 6.30. The van der Waals surface area contributed by atoms with Crippen LogP contribution in [0.3, 0.4) is 0 Å². The minimum Gasteiger partial charge on any atom is -0.489 e. The lowest BCUT2D eigenvalue weighted by atomic mass is 10.1. The Morgan fingerprint density at radius 1 is 0.950 bits per heavy atom. The minimum atomic E-state index is -0.470. The summed E-state index contributed by atoms with van der Waals surface area (Å²) in [6, 6.07) is 18.6. The number of halogens is 2. The van der Waals surface area contributed by atoms with Crippen molar-refractivity contribution in [2.75, 3.05) is 0 Å². The summed E-state index contributed by atoms with van der Waals surface area (Å²) < 4.78 is 19.0. The summed E-state index contributed by atoms with van der Waals surface area (Å²) in [5.41, 5.74) is 1.07. The number of hydrogen-bond acceptors (Lipinski definition) is 1. The van der Waals surface area contributed by atoms with Gasteiger partial charge in [-0.15, -0.1) is 0 Å². The van der Waals surface area contributed by atoms with Crippen LogP contribution < -0.4 is 4.74 Å². The molecule has 3 aromatic rings. The Kier molecular flexibility index (Phi) is 3.57. The van der Waals surface area contributed by atoms with Gasteiger partial charge < -0.3 is 4.74 Å². The van der Waals surface area contributed by atoms with Crippen molar-refractivity contribution < 1.29 is 9.13 Å². The monoisotopic (exact) mass is 286 g/mol. The number of hydrogen-bond donors (Lipinski definition) is 0. The van der Waals surface area contributed by atoms with Crippen molar-refractivity contribution in [3.05, 3.63) is 77.1 Å². The zero-order valence-corrected chi connectivity index (χ0v) is 11.4. The van der Waals surface area contributed by atoms with Crippen LogP contribution in [0.25, 0.3) is 10.8 Å². The standard InChI is InChI=1S/C17H12ClFO/c18-16-9-8-14(10-17(16)19)20-11-13-6-3-5-12-4-1-2-7-15(12)13/h1-10H,11H2. The van der Waals surface area contributed by atoms with Gasteiger partial charge in [-0.25, -0.2) is 4.39 Å². The fourth-order valence-corrected chi connectivity index (χ4v) is 2.26. The Morgan fingerprint density at radius 3 is 2.60 bits per heavy atom. The summed E-state index contributed by atoms with van der Waals surface area (Å²) in [6.07, 6.45) is 0. The van der Waals surface area contributed by atoms with E-state index in [2.05, 4.69) is 18.2 Å². The maximum atomic E-state index is 13.3. The second-order valence-corrected chi connectivity index (χ2v) is 4.91. The van der Waals surface area contributed by atoms with Gasteiger partial charge >= 0.3 is 0 Å². The Hall–Kier alpha value is -2.06. The van der Waals surface area contributed by atoms with E-state index >= 15 is 0 Å². The first-order valence-corrected chi connectivity index (χ1v) is 6.66. The largest absolute Gasteiger partial charge is 0.489 e. The van der Waals surface area contributed by atoms with Crippen molar-refractivity contribution in [1.29, 1.82) is 0 Å². The molecule has 0 fully saturated rings. The highest BCUT2D eigenvalue weighted by Gasteiger charge is 2.04. The summed E-state index contributed by atoms with van der Waals surface area (Å²) in [5.74, 6) is 0.00178. The molecule has 0 unspecified atom stereocenters. The van der Waals surface area contributed by atoms with E-state index in [1.54, 1.807) is 6.07 Å². The molecule has 0 saturated carbocycles. The molecule has 20 heavy (non-hydrogen) atoms. The predicted octanol–water partition coefficient (Wildman–Crippen LogP) is 5.21. The van der Waals surface area contributed by atoms with Crippen LogP contribution in [-0.4, -0.2) is 0 Å². The summed E-state index contributed by atoms with van der Waals surface area (Å²) in [5, 5.41) is 2.41. The molecule has 0 N–H and O–H groups in total. The van der Waals surface area contributed by atoms with Gasteiger partial charge in [0.05, 0.1) is 5.02 Å². The van der Waals surface area contributed by atoms with Crippen LogP contribution in [0, 0.1) is 5.82 Å². The molecule has 3 rings (SSSR count). The topological polar surface area (TPSA) is 9.23 Å². The van der Waals surface area contributed by atoms with Crippen LogP contribution in [0.1, 0.15) is 5.56 Å². The molecule has 3 aromatic carbocycles. The third-order valence-corrected chi connectivity index (χ3v) is 3.47. The van der Waals surface area contributed by atoms with E-state index in [0.29, 0.717) is 12.4 Å². The average Bonchev–Trinajstić information content (AvgIpc) is 2.48. The van der Waals surface area contributed by atoms with Crippen LogP contribution in [-0.2, 0) is 6.61 Å². The lowest BCUT2D eigenvalue weighted by molar-refractivity contribution is 0.306. The van der Waals surface area contributed by atoms with E-state index in [9.17, 15) is 4.39 Å². The quantitative estimate of drug-likeness (QED) is 0.642. The first-order valence-electron chi connectivity index (χ1n) is 6.28. The molecule has 0 bridgehead atoms. The fourth-order valence-electron chi connectivity index (χ4n) is 2.15. The molecule has 0 radical (unpaired) electrons. The van der Waals surface area contributed by atoms with Crippen LogP contribution >= 0.6 is 11.6 Å².